The van der Waals surface area contributed by atoms with E-state index in [-0.39, 0.29) is 23.9 Å². The van der Waals surface area contributed by atoms with Crippen molar-refractivity contribution in [2.75, 3.05) is 6.54 Å². The lowest BCUT2D eigenvalue weighted by molar-refractivity contribution is -0.147. The average Bonchev–Trinajstić information content (AvgIpc) is 2.95. The second-order valence-corrected chi connectivity index (χ2v) is 6.98. The summed E-state index contributed by atoms with van der Waals surface area (Å²) in [6.07, 6.45) is 0.252. The first-order valence-electron chi connectivity index (χ1n) is 9.16. The monoisotopic (exact) mass is 404 g/mol. The molecule has 5 nitrogen and oxygen atoms in total. The standard InChI is InChI=1S/C21H19F3N2O3/c1-13(26-19(28)16-9-2-3-10-17(16)20(26)29)18(27)25-11-5-7-14-6-4-8-15(12-14)21(22,23)24/h2-4,6,8,12-13,16-17H,9-11H2,1H3,(H,25,27). The highest BCUT2D eigenvalue weighted by molar-refractivity contribution is 6.08. The molecule has 8 heteroatoms. The van der Waals surface area contributed by atoms with E-state index >= 15 is 0 Å². The average molecular weight is 404 g/mol. The molecule has 0 radical (unpaired) electrons. The number of amides is 3. The van der Waals surface area contributed by atoms with E-state index in [1.54, 1.807) is 0 Å². The third-order valence-corrected chi connectivity index (χ3v) is 5.08. The van der Waals surface area contributed by atoms with Gasteiger partial charge in [-0.25, -0.2) is 0 Å². The molecule has 3 amide bonds. The molecule has 1 fully saturated rings. The van der Waals surface area contributed by atoms with E-state index in [1.165, 1.54) is 19.1 Å². The van der Waals surface area contributed by atoms with Gasteiger partial charge in [-0.15, -0.1) is 0 Å². The first kappa shape index (κ1) is 20.6. The number of hydrogen-bond acceptors (Lipinski definition) is 3. The molecule has 1 N–H and O–H groups in total. The molecule has 0 aromatic heterocycles. The quantitative estimate of drug-likeness (QED) is 0.478. The van der Waals surface area contributed by atoms with Gasteiger partial charge in [0.25, 0.3) is 0 Å². The summed E-state index contributed by atoms with van der Waals surface area (Å²) in [4.78, 5) is 38.3. The van der Waals surface area contributed by atoms with Gasteiger partial charge in [-0.2, -0.15) is 13.2 Å². The molecule has 1 aliphatic carbocycles. The molecular weight excluding hydrogens is 385 g/mol. The van der Waals surface area contributed by atoms with Crippen LogP contribution in [0.2, 0.25) is 0 Å². The predicted molar refractivity (Wildman–Crippen MR) is 98.0 cm³/mol. The summed E-state index contributed by atoms with van der Waals surface area (Å²) in [5.74, 6) is 3.08. The first-order chi connectivity index (χ1) is 13.7. The van der Waals surface area contributed by atoms with Crippen molar-refractivity contribution in [2.45, 2.75) is 32.0 Å². The van der Waals surface area contributed by atoms with Crippen molar-refractivity contribution in [1.82, 2.24) is 10.2 Å². The van der Waals surface area contributed by atoms with Gasteiger partial charge < -0.3 is 5.32 Å². The Bertz CT molecular complexity index is 901. The molecular formula is C21H19F3N2O3. The van der Waals surface area contributed by atoms with Gasteiger partial charge in [0.15, 0.2) is 0 Å². The number of allylic oxidation sites excluding steroid dienone is 2. The van der Waals surface area contributed by atoms with Crippen molar-refractivity contribution >= 4 is 17.7 Å². The fraction of sp³-hybridized carbons (Fsp3) is 0.381. The minimum absolute atomic E-state index is 0.121. The van der Waals surface area contributed by atoms with Crippen LogP contribution in [0.15, 0.2) is 36.4 Å². The van der Waals surface area contributed by atoms with Crippen LogP contribution in [0.1, 0.15) is 30.9 Å². The van der Waals surface area contributed by atoms with Crippen LogP contribution in [0, 0.1) is 23.7 Å². The highest BCUT2D eigenvalue weighted by atomic mass is 19.4. The molecule has 29 heavy (non-hydrogen) atoms. The summed E-state index contributed by atoms with van der Waals surface area (Å²) < 4.78 is 38.1. The van der Waals surface area contributed by atoms with Crippen molar-refractivity contribution in [1.29, 1.82) is 0 Å². The molecule has 3 rings (SSSR count). The molecule has 1 saturated heterocycles. The van der Waals surface area contributed by atoms with Crippen LogP contribution >= 0.6 is 0 Å². The van der Waals surface area contributed by atoms with E-state index in [1.807, 2.05) is 12.2 Å². The van der Waals surface area contributed by atoms with Crippen LogP contribution in [0.5, 0.6) is 0 Å². The summed E-state index contributed by atoms with van der Waals surface area (Å²) in [6.45, 7) is 1.35. The van der Waals surface area contributed by atoms with Crippen LogP contribution in [0.4, 0.5) is 13.2 Å². The van der Waals surface area contributed by atoms with Gasteiger partial charge >= 0.3 is 6.18 Å². The second kappa shape index (κ2) is 8.11. The lowest BCUT2D eigenvalue weighted by atomic mass is 9.85. The summed E-state index contributed by atoms with van der Waals surface area (Å²) in [6, 6.07) is 3.59. The number of rotatable bonds is 3. The largest absolute Gasteiger partial charge is 0.416 e. The highest BCUT2D eigenvalue weighted by Gasteiger charge is 2.50. The predicted octanol–water partition coefficient (Wildman–Crippen LogP) is 2.51. The van der Waals surface area contributed by atoms with Gasteiger partial charge in [0.1, 0.15) is 6.04 Å². The summed E-state index contributed by atoms with van der Waals surface area (Å²) in [7, 11) is 0. The zero-order valence-electron chi connectivity index (χ0n) is 15.6. The highest BCUT2D eigenvalue weighted by Crippen LogP contribution is 2.36. The third-order valence-electron chi connectivity index (χ3n) is 5.08. The maximum absolute atomic E-state index is 12.7. The fourth-order valence-electron chi connectivity index (χ4n) is 3.52. The normalized spacial score (nSPS) is 22.0. The third kappa shape index (κ3) is 4.34. The van der Waals surface area contributed by atoms with Crippen LogP contribution < -0.4 is 5.32 Å². The van der Waals surface area contributed by atoms with Crippen LogP contribution in [-0.4, -0.2) is 35.2 Å². The number of nitrogens with zero attached hydrogens (tertiary/aromatic N) is 1. The second-order valence-electron chi connectivity index (χ2n) is 6.98. The Kier molecular flexibility index (Phi) is 5.78. The maximum Gasteiger partial charge on any atom is 0.416 e. The molecule has 152 valence electrons. The van der Waals surface area contributed by atoms with E-state index in [0.717, 1.165) is 17.0 Å². The van der Waals surface area contributed by atoms with Crippen LogP contribution in [-0.2, 0) is 20.6 Å². The van der Waals surface area contributed by atoms with Gasteiger partial charge in [-0.1, -0.05) is 30.1 Å². The van der Waals surface area contributed by atoms with Crippen molar-refractivity contribution in [2.24, 2.45) is 11.8 Å². The van der Waals surface area contributed by atoms with Crippen LogP contribution in [0.3, 0.4) is 0 Å². The van der Waals surface area contributed by atoms with E-state index in [2.05, 4.69) is 17.2 Å². The number of carbonyl (C=O) groups excluding carboxylic acids is 3. The number of carbonyl (C=O) groups is 3. The Morgan fingerprint density at radius 1 is 1.21 bits per heavy atom. The van der Waals surface area contributed by atoms with Crippen molar-refractivity contribution in [3.63, 3.8) is 0 Å². The number of benzene rings is 1. The Balaban J connectivity index is 1.59. The van der Waals surface area contributed by atoms with Crippen molar-refractivity contribution in [3.8, 4) is 11.8 Å². The first-order valence-corrected chi connectivity index (χ1v) is 9.16. The zero-order chi connectivity index (χ0) is 21.2. The lowest BCUT2D eigenvalue weighted by Crippen LogP contribution is -2.48. The SMILES string of the molecule is CC(C(=O)NCC#Cc1cccc(C(F)(F)F)c1)N1C(=O)C2CC=CCC2C1=O. The Morgan fingerprint density at radius 3 is 2.41 bits per heavy atom. The van der Waals surface area contributed by atoms with Gasteiger partial charge in [0.2, 0.25) is 17.7 Å². The van der Waals surface area contributed by atoms with E-state index in [0.29, 0.717) is 12.8 Å². The summed E-state index contributed by atoms with van der Waals surface area (Å²) in [5.41, 5.74) is -0.632. The maximum atomic E-state index is 12.7. The van der Waals surface area contributed by atoms with Gasteiger partial charge in [0, 0.05) is 5.56 Å². The Labute approximate surface area is 165 Å². The number of fused-ring (bicyclic) bond motifs is 1. The summed E-state index contributed by atoms with van der Waals surface area (Å²) >= 11 is 0. The number of halogens is 3. The number of imide groups is 1. The molecule has 0 bridgehead atoms. The van der Waals surface area contributed by atoms with Crippen molar-refractivity contribution in [3.05, 3.63) is 47.5 Å². The fourth-order valence-corrected chi connectivity index (χ4v) is 3.52. The Hall–Kier alpha value is -3.08. The zero-order valence-corrected chi connectivity index (χ0v) is 15.6. The topological polar surface area (TPSA) is 66.5 Å². The molecule has 3 atom stereocenters. The molecule has 0 saturated carbocycles. The van der Waals surface area contributed by atoms with E-state index < -0.39 is 35.5 Å². The number of hydrogen-bond donors (Lipinski definition) is 1. The van der Waals surface area contributed by atoms with Crippen LogP contribution in [0.25, 0.3) is 0 Å². The van der Waals surface area contributed by atoms with Gasteiger partial charge in [-0.05, 0) is 38.0 Å². The molecule has 1 heterocycles. The van der Waals surface area contributed by atoms with Gasteiger partial charge in [-0.3, -0.25) is 19.3 Å². The van der Waals surface area contributed by atoms with Crippen molar-refractivity contribution < 1.29 is 27.6 Å². The minimum Gasteiger partial charge on any atom is -0.343 e. The molecule has 1 aromatic carbocycles. The minimum atomic E-state index is -4.46. The lowest BCUT2D eigenvalue weighted by Gasteiger charge is -2.21. The van der Waals surface area contributed by atoms with Gasteiger partial charge in [0.05, 0.1) is 23.9 Å². The molecule has 1 aromatic rings. The molecule has 0 spiro atoms. The molecule has 2 aliphatic rings. The van der Waals surface area contributed by atoms with E-state index in [9.17, 15) is 27.6 Å². The Morgan fingerprint density at radius 2 is 1.83 bits per heavy atom. The number of alkyl halides is 3. The molecule has 1 aliphatic heterocycles. The summed E-state index contributed by atoms with van der Waals surface area (Å²) in [5, 5.41) is 2.50. The number of nitrogens with one attached hydrogen (secondary N) is 1. The number of likely N-dealkylation sites (tertiary alicyclic amines) is 1. The molecule has 3 unspecified atom stereocenters. The van der Waals surface area contributed by atoms with E-state index in [4.69, 9.17) is 0 Å². The smallest absolute Gasteiger partial charge is 0.343 e.